The second kappa shape index (κ2) is 15.7. The SMILES string of the molecule is CC(=O)C1CNCCN1CC(O)CC(Cc1ccccc1)C(=O)NC1c2ccccc2CC1O.ClCc1cc2ccccc2o1. The number of benzene rings is 3. The third kappa shape index (κ3) is 8.60. The number of nitrogens with zero attached hydrogens (tertiary/aromatic N) is 1. The number of nitrogens with one attached hydrogen (secondary N) is 2. The van der Waals surface area contributed by atoms with Gasteiger partial charge in [-0.15, -0.1) is 11.6 Å². The van der Waals surface area contributed by atoms with Crippen LogP contribution in [0.3, 0.4) is 0 Å². The number of piperazine rings is 1. The van der Waals surface area contributed by atoms with Crippen molar-refractivity contribution in [3.8, 4) is 0 Å². The molecular formula is C36H42ClN3O5. The van der Waals surface area contributed by atoms with Gasteiger partial charge in [0.1, 0.15) is 17.1 Å². The van der Waals surface area contributed by atoms with E-state index < -0.39 is 24.2 Å². The van der Waals surface area contributed by atoms with Crippen LogP contribution < -0.4 is 10.6 Å². The minimum Gasteiger partial charge on any atom is -0.460 e. The van der Waals surface area contributed by atoms with Crippen molar-refractivity contribution < 1.29 is 24.2 Å². The van der Waals surface area contributed by atoms with E-state index >= 15 is 0 Å². The number of hydrogen-bond donors (Lipinski definition) is 4. The van der Waals surface area contributed by atoms with Crippen molar-refractivity contribution in [3.63, 3.8) is 0 Å². The Balaban J connectivity index is 0.000000304. The monoisotopic (exact) mass is 631 g/mol. The second-order valence-electron chi connectivity index (χ2n) is 11.9. The third-order valence-corrected chi connectivity index (χ3v) is 8.89. The Morgan fingerprint density at radius 3 is 2.56 bits per heavy atom. The number of aliphatic hydroxyl groups is 2. The number of para-hydroxylation sites is 1. The number of ketones is 1. The van der Waals surface area contributed by atoms with Crippen LogP contribution in [0, 0.1) is 5.92 Å². The molecular weight excluding hydrogens is 590 g/mol. The van der Waals surface area contributed by atoms with Gasteiger partial charge in [-0.25, -0.2) is 0 Å². The van der Waals surface area contributed by atoms with E-state index in [2.05, 4.69) is 10.6 Å². The van der Waals surface area contributed by atoms with Gasteiger partial charge in [0.25, 0.3) is 0 Å². The number of β-amino-alcohol motifs (C(OH)–C–C–N with tert-alkyl or cyclic N) is 1. The summed E-state index contributed by atoms with van der Waals surface area (Å²) in [4.78, 5) is 27.5. The fraction of sp³-hybridized carbons (Fsp3) is 0.389. The van der Waals surface area contributed by atoms with Crippen molar-refractivity contribution in [1.82, 2.24) is 15.5 Å². The maximum atomic E-state index is 13.4. The average molecular weight is 632 g/mol. The Kier molecular flexibility index (Phi) is 11.4. The van der Waals surface area contributed by atoms with E-state index in [9.17, 15) is 19.8 Å². The number of alkyl halides is 1. The number of carbonyl (C=O) groups excluding carboxylic acids is 2. The first kappa shape index (κ1) is 32.9. The molecule has 1 saturated heterocycles. The molecule has 1 fully saturated rings. The van der Waals surface area contributed by atoms with Gasteiger partial charge in [-0.2, -0.15) is 0 Å². The molecule has 4 N–H and O–H groups in total. The van der Waals surface area contributed by atoms with Crippen molar-refractivity contribution in [1.29, 1.82) is 0 Å². The summed E-state index contributed by atoms with van der Waals surface area (Å²) in [6.07, 6.45) is -0.130. The number of hydrogen-bond acceptors (Lipinski definition) is 7. The second-order valence-corrected chi connectivity index (χ2v) is 12.2. The molecule has 5 atom stereocenters. The molecule has 8 nitrogen and oxygen atoms in total. The van der Waals surface area contributed by atoms with E-state index in [-0.39, 0.29) is 24.2 Å². The van der Waals surface area contributed by atoms with Crippen LogP contribution in [0.25, 0.3) is 11.0 Å². The van der Waals surface area contributed by atoms with Crippen molar-refractivity contribution in [2.45, 2.75) is 56.4 Å². The van der Waals surface area contributed by atoms with Crippen LogP contribution in [0.2, 0.25) is 0 Å². The number of carbonyl (C=O) groups is 2. The van der Waals surface area contributed by atoms with Crippen LogP contribution >= 0.6 is 11.6 Å². The van der Waals surface area contributed by atoms with Crippen LogP contribution in [-0.2, 0) is 28.3 Å². The first-order valence-electron chi connectivity index (χ1n) is 15.6. The molecule has 1 aromatic heterocycles. The lowest BCUT2D eigenvalue weighted by Crippen LogP contribution is -2.56. The number of furan rings is 1. The fourth-order valence-electron chi connectivity index (χ4n) is 6.34. The maximum absolute atomic E-state index is 13.4. The molecule has 1 amide bonds. The molecule has 1 aliphatic carbocycles. The summed E-state index contributed by atoms with van der Waals surface area (Å²) in [5, 5.41) is 29.0. The van der Waals surface area contributed by atoms with Gasteiger partial charge in [-0.3, -0.25) is 14.5 Å². The highest BCUT2D eigenvalue weighted by atomic mass is 35.5. The Morgan fingerprint density at radius 1 is 1.07 bits per heavy atom. The predicted molar refractivity (Wildman–Crippen MR) is 176 cm³/mol. The van der Waals surface area contributed by atoms with Crippen molar-refractivity contribution in [2.75, 3.05) is 26.2 Å². The Morgan fingerprint density at radius 2 is 1.80 bits per heavy atom. The molecule has 2 aliphatic rings. The molecule has 0 bridgehead atoms. The lowest BCUT2D eigenvalue weighted by Gasteiger charge is -2.36. The van der Waals surface area contributed by atoms with E-state index in [0.717, 1.165) is 40.0 Å². The van der Waals surface area contributed by atoms with Crippen molar-refractivity contribution in [2.24, 2.45) is 5.92 Å². The largest absolute Gasteiger partial charge is 0.460 e. The molecule has 3 aromatic carbocycles. The summed E-state index contributed by atoms with van der Waals surface area (Å²) in [5.41, 5.74) is 3.93. The summed E-state index contributed by atoms with van der Waals surface area (Å²) < 4.78 is 5.39. The van der Waals surface area contributed by atoms with E-state index in [1.54, 1.807) is 6.92 Å². The standard InChI is InChI=1S/C27H35N3O4.C9H7ClO/c1-18(31)24-16-28-11-12-30(24)17-22(32)14-21(13-19-7-3-2-4-8-19)27(34)29-26-23-10-6-5-9-20(23)15-25(26)33;10-6-8-5-7-3-1-2-4-9(7)11-8/h2-10,21-22,24-26,28,32-33H,11-17H2,1H3,(H,29,34);1-5H,6H2. The molecule has 2 heterocycles. The summed E-state index contributed by atoms with van der Waals surface area (Å²) in [7, 11) is 0. The smallest absolute Gasteiger partial charge is 0.224 e. The number of amides is 1. The number of Topliss-reactive ketones (excluding diaryl/α,β-unsaturated/α-hetero) is 1. The van der Waals surface area contributed by atoms with Crippen LogP contribution in [0.5, 0.6) is 0 Å². The highest BCUT2D eigenvalue weighted by Crippen LogP contribution is 2.32. The molecule has 238 valence electrons. The number of halogens is 1. The zero-order valence-electron chi connectivity index (χ0n) is 25.6. The number of aliphatic hydroxyl groups excluding tert-OH is 2. The number of rotatable bonds is 10. The number of fused-ring (bicyclic) bond motifs is 2. The maximum Gasteiger partial charge on any atom is 0.224 e. The topological polar surface area (TPSA) is 115 Å². The molecule has 6 rings (SSSR count). The van der Waals surface area contributed by atoms with Gasteiger partial charge in [0.05, 0.1) is 30.2 Å². The van der Waals surface area contributed by atoms with E-state index in [1.165, 1.54) is 0 Å². The molecule has 9 heteroatoms. The summed E-state index contributed by atoms with van der Waals surface area (Å²) >= 11 is 5.60. The molecule has 0 saturated carbocycles. The van der Waals surface area contributed by atoms with Crippen molar-refractivity contribution in [3.05, 3.63) is 107 Å². The molecule has 0 radical (unpaired) electrons. The van der Waals surface area contributed by atoms with Gasteiger partial charge < -0.3 is 25.3 Å². The quantitative estimate of drug-likeness (QED) is 0.192. The fourth-order valence-corrected chi connectivity index (χ4v) is 6.47. The zero-order chi connectivity index (χ0) is 31.8. The van der Waals surface area contributed by atoms with Gasteiger partial charge in [0, 0.05) is 43.9 Å². The van der Waals surface area contributed by atoms with Crippen LogP contribution in [0.1, 0.15) is 41.8 Å². The van der Waals surface area contributed by atoms with E-state index in [0.29, 0.717) is 38.4 Å². The van der Waals surface area contributed by atoms with Gasteiger partial charge >= 0.3 is 0 Å². The lowest BCUT2D eigenvalue weighted by atomic mass is 9.91. The highest BCUT2D eigenvalue weighted by Gasteiger charge is 2.35. The highest BCUT2D eigenvalue weighted by molar-refractivity contribution is 6.17. The van der Waals surface area contributed by atoms with E-state index in [1.807, 2.05) is 89.8 Å². The first-order chi connectivity index (χ1) is 21.8. The normalized spacial score (nSPS) is 20.9. The molecule has 5 unspecified atom stereocenters. The van der Waals surface area contributed by atoms with Crippen LogP contribution in [0.4, 0.5) is 0 Å². The summed E-state index contributed by atoms with van der Waals surface area (Å²) in [5.74, 6) is 0.706. The summed E-state index contributed by atoms with van der Waals surface area (Å²) in [6, 6.07) is 26.7. The minimum atomic E-state index is -0.750. The molecule has 4 aromatic rings. The Hall–Kier alpha value is -3.53. The molecule has 0 spiro atoms. The van der Waals surface area contributed by atoms with Crippen LogP contribution in [0.15, 0.2) is 89.3 Å². The van der Waals surface area contributed by atoms with Crippen molar-refractivity contribution >= 4 is 34.3 Å². The average Bonchev–Trinajstić information content (AvgIpc) is 3.62. The van der Waals surface area contributed by atoms with Gasteiger partial charge in [0.2, 0.25) is 5.91 Å². The Bertz CT molecular complexity index is 1530. The molecule has 45 heavy (non-hydrogen) atoms. The van der Waals surface area contributed by atoms with Gasteiger partial charge in [-0.05, 0) is 48.6 Å². The minimum absolute atomic E-state index is 0.0758. The Labute approximate surface area is 269 Å². The first-order valence-corrected chi connectivity index (χ1v) is 16.1. The predicted octanol–water partition coefficient (Wildman–Crippen LogP) is 4.41. The zero-order valence-corrected chi connectivity index (χ0v) is 26.3. The summed E-state index contributed by atoms with van der Waals surface area (Å²) in [6.45, 7) is 3.95. The van der Waals surface area contributed by atoms with Crippen LogP contribution in [-0.4, -0.2) is 71.2 Å². The molecule has 1 aliphatic heterocycles. The van der Waals surface area contributed by atoms with Gasteiger partial charge in [0.15, 0.2) is 0 Å². The van der Waals surface area contributed by atoms with E-state index in [4.69, 9.17) is 16.0 Å². The van der Waals surface area contributed by atoms with Gasteiger partial charge in [-0.1, -0.05) is 72.8 Å². The lowest BCUT2D eigenvalue weighted by molar-refractivity contribution is -0.128. The third-order valence-electron chi connectivity index (χ3n) is 8.63.